The lowest BCUT2D eigenvalue weighted by Crippen LogP contribution is -2.63. The number of hydrogen-bond acceptors (Lipinski definition) is 4. The van der Waals surface area contributed by atoms with Crippen LogP contribution in [0.3, 0.4) is 0 Å². The maximum Gasteiger partial charge on any atom is 0.129 e. The summed E-state index contributed by atoms with van der Waals surface area (Å²) in [6.07, 6.45) is 8.54. The summed E-state index contributed by atoms with van der Waals surface area (Å²) in [6.45, 7) is 10.7. The third kappa shape index (κ3) is 3.50. The van der Waals surface area contributed by atoms with Gasteiger partial charge in [0.1, 0.15) is 8.24 Å². The van der Waals surface area contributed by atoms with E-state index in [9.17, 15) is 0 Å². The molecule has 1 aromatic rings. The zero-order chi connectivity index (χ0) is 19.9. The summed E-state index contributed by atoms with van der Waals surface area (Å²) in [6, 6.07) is 9.14. The van der Waals surface area contributed by atoms with Crippen molar-refractivity contribution in [3.63, 3.8) is 0 Å². The van der Waals surface area contributed by atoms with Crippen molar-refractivity contribution < 1.29 is 0 Å². The smallest absolute Gasteiger partial charge is 0.129 e. The Morgan fingerprint density at radius 1 is 1.07 bits per heavy atom. The van der Waals surface area contributed by atoms with Crippen molar-refractivity contribution in [2.45, 2.75) is 32.0 Å². The van der Waals surface area contributed by atoms with E-state index in [1.165, 1.54) is 17.7 Å². The SMILES string of the molecule is CC1CC2C(c3ccc(N(C)C)cc3)=CC=CC2C1[Si](C)(C)N1CNCNC1. The summed E-state index contributed by atoms with van der Waals surface area (Å²) < 4.78 is 2.72. The highest BCUT2D eigenvalue weighted by molar-refractivity contribution is 6.76. The lowest BCUT2D eigenvalue weighted by atomic mass is 9.81. The van der Waals surface area contributed by atoms with E-state index in [2.05, 4.69) is 96.7 Å². The molecular weight excluding hydrogens is 360 g/mol. The zero-order valence-corrected chi connectivity index (χ0v) is 19.1. The molecule has 1 heterocycles. The molecule has 1 aromatic carbocycles. The van der Waals surface area contributed by atoms with Crippen LogP contribution in [0.1, 0.15) is 18.9 Å². The molecule has 2 fully saturated rings. The van der Waals surface area contributed by atoms with Gasteiger partial charge in [-0.05, 0) is 53.0 Å². The zero-order valence-electron chi connectivity index (χ0n) is 18.1. The van der Waals surface area contributed by atoms with Gasteiger partial charge in [-0.25, -0.2) is 0 Å². The lowest BCUT2D eigenvalue weighted by molar-refractivity contribution is 0.280. The fourth-order valence-corrected chi connectivity index (χ4v) is 10.2. The Morgan fingerprint density at radius 2 is 1.75 bits per heavy atom. The van der Waals surface area contributed by atoms with Gasteiger partial charge >= 0.3 is 0 Å². The van der Waals surface area contributed by atoms with Crippen molar-refractivity contribution in [2.75, 3.05) is 39.0 Å². The third-order valence-corrected chi connectivity index (χ3v) is 11.9. The van der Waals surface area contributed by atoms with Gasteiger partial charge in [-0.1, -0.05) is 50.4 Å². The molecule has 5 heteroatoms. The largest absolute Gasteiger partial charge is 0.378 e. The molecule has 1 saturated heterocycles. The van der Waals surface area contributed by atoms with Gasteiger partial charge in [-0.15, -0.1) is 0 Å². The van der Waals surface area contributed by atoms with E-state index >= 15 is 0 Å². The highest BCUT2D eigenvalue weighted by Crippen LogP contribution is 2.56. The van der Waals surface area contributed by atoms with E-state index in [0.29, 0.717) is 11.8 Å². The molecule has 3 aliphatic rings. The number of nitrogens with one attached hydrogen (secondary N) is 2. The van der Waals surface area contributed by atoms with Crippen molar-refractivity contribution >= 4 is 19.5 Å². The minimum atomic E-state index is -1.57. The van der Waals surface area contributed by atoms with Crippen molar-refractivity contribution in [1.29, 1.82) is 0 Å². The van der Waals surface area contributed by atoms with E-state index in [0.717, 1.165) is 31.5 Å². The molecule has 1 saturated carbocycles. The Morgan fingerprint density at radius 3 is 2.39 bits per heavy atom. The molecular formula is C23H36N4Si. The minimum absolute atomic E-state index is 0.660. The van der Waals surface area contributed by atoms with Gasteiger partial charge in [0.25, 0.3) is 0 Å². The van der Waals surface area contributed by atoms with Crippen LogP contribution in [0.4, 0.5) is 5.69 Å². The number of benzene rings is 1. The van der Waals surface area contributed by atoms with Crippen molar-refractivity contribution in [3.8, 4) is 0 Å². The monoisotopic (exact) mass is 396 g/mol. The predicted molar refractivity (Wildman–Crippen MR) is 123 cm³/mol. The second-order valence-corrected chi connectivity index (χ2v) is 14.2. The summed E-state index contributed by atoms with van der Waals surface area (Å²) in [4.78, 5) is 2.17. The fourth-order valence-electron chi connectivity index (χ4n) is 5.91. The summed E-state index contributed by atoms with van der Waals surface area (Å²) >= 11 is 0. The molecule has 2 N–H and O–H groups in total. The average Bonchev–Trinajstić information content (AvgIpc) is 3.05. The Labute approximate surface area is 171 Å². The fraction of sp³-hybridized carbons (Fsp3) is 0.565. The lowest BCUT2D eigenvalue weighted by Gasteiger charge is -2.47. The van der Waals surface area contributed by atoms with E-state index in [-0.39, 0.29) is 0 Å². The second-order valence-electron chi connectivity index (χ2n) is 9.56. The topological polar surface area (TPSA) is 30.5 Å². The number of hydrogen-bond donors (Lipinski definition) is 2. The van der Waals surface area contributed by atoms with Crippen LogP contribution in [-0.2, 0) is 0 Å². The van der Waals surface area contributed by atoms with Gasteiger partial charge in [0, 0.05) is 39.8 Å². The Hall–Kier alpha value is -1.40. The van der Waals surface area contributed by atoms with Gasteiger partial charge in [0.2, 0.25) is 0 Å². The summed E-state index contributed by atoms with van der Waals surface area (Å²) in [5.74, 6) is 2.10. The van der Waals surface area contributed by atoms with E-state index in [4.69, 9.17) is 0 Å². The van der Waals surface area contributed by atoms with Crippen molar-refractivity contribution in [1.82, 2.24) is 15.2 Å². The molecule has 2 aliphatic carbocycles. The van der Waals surface area contributed by atoms with Gasteiger partial charge in [-0.2, -0.15) is 0 Å². The van der Waals surface area contributed by atoms with Crippen molar-refractivity contribution in [3.05, 3.63) is 48.1 Å². The van der Waals surface area contributed by atoms with E-state index in [1.54, 1.807) is 5.57 Å². The van der Waals surface area contributed by atoms with Crippen LogP contribution in [0.15, 0.2) is 42.5 Å². The number of rotatable bonds is 4. The number of anilines is 1. The first-order valence-corrected chi connectivity index (χ1v) is 13.7. The number of allylic oxidation sites excluding steroid dienone is 4. The van der Waals surface area contributed by atoms with Crippen molar-refractivity contribution in [2.24, 2.45) is 17.8 Å². The van der Waals surface area contributed by atoms with Gasteiger partial charge in [-0.3, -0.25) is 15.2 Å². The summed E-state index contributed by atoms with van der Waals surface area (Å²) in [5.41, 5.74) is 5.01. The Bertz CT molecular complexity index is 746. The summed E-state index contributed by atoms with van der Waals surface area (Å²) in [5, 5.41) is 7.03. The highest BCUT2D eigenvalue weighted by atomic mass is 28.3. The van der Waals surface area contributed by atoms with Crippen LogP contribution in [0, 0.1) is 17.8 Å². The number of fused-ring (bicyclic) bond motifs is 1. The third-order valence-electron chi connectivity index (χ3n) is 7.33. The first-order chi connectivity index (χ1) is 13.4. The molecule has 28 heavy (non-hydrogen) atoms. The standard InChI is InChI=1S/C23H36N4Si/c1-17-13-22-20(18-9-11-19(12-10-18)26(2)3)7-6-8-21(22)23(17)28(4,5)27-15-24-14-25-16-27/h6-12,17,21-25H,13-16H2,1-5H3. The van der Waals surface area contributed by atoms with E-state index < -0.39 is 8.24 Å². The van der Waals surface area contributed by atoms with Crippen LogP contribution in [0.25, 0.3) is 5.57 Å². The predicted octanol–water partition coefficient (Wildman–Crippen LogP) is 3.92. The van der Waals surface area contributed by atoms with Crippen LogP contribution in [-0.4, -0.2) is 46.9 Å². The van der Waals surface area contributed by atoms with Crippen LogP contribution < -0.4 is 15.5 Å². The molecule has 4 nitrogen and oxygen atoms in total. The minimum Gasteiger partial charge on any atom is -0.378 e. The maximum absolute atomic E-state index is 3.52. The highest BCUT2D eigenvalue weighted by Gasteiger charge is 2.52. The molecule has 152 valence electrons. The molecule has 0 amide bonds. The van der Waals surface area contributed by atoms with Crippen LogP contribution >= 0.6 is 0 Å². The molecule has 4 rings (SSSR count). The van der Waals surface area contributed by atoms with Gasteiger partial charge < -0.3 is 4.90 Å². The van der Waals surface area contributed by atoms with Crippen LogP contribution in [0.5, 0.6) is 0 Å². The molecule has 4 unspecified atom stereocenters. The van der Waals surface area contributed by atoms with Gasteiger partial charge in [0.05, 0.1) is 0 Å². The maximum atomic E-state index is 3.52. The quantitative estimate of drug-likeness (QED) is 0.755. The first kappa shape index (κ1) is 19.9. The normalized spacial score (nSPS) is 30.8. The van der Waals surface area contributed by atoms with Crippen LogP contribution in [0.2, 0.25) is 18.6 Å². The van der Waals surface area contributed by atoms with Gasteiger partial charge in [0.15, 0.2) is 0 Å². The molecule has 0 aromatic heterocycles. The second kappa shape index (κ2) is 7.79. The number of nitrogens with zero attached hydrogens (tertiary/aromatic N) is 2. The average molecular weight is 397 g/mol. The molecule has 0 radical (unpaired) electrons. The molecule has 0 spiro atoms. The molecule has 0 bridgehead atoms. The summed E-state index contributed by atoms with van der Waals surface area (Å²) in [7, 11) is 2.64. The first-order valence-electron chi connectivity index (χ1n) is 10.7. The van der Waals surface area contributed by atoms with E-state index in [1.807, 2.05) is 0 Å². The Kier molecular flexibility index (Phi) is 5.53. The molecule has 4 atom stereocenters. The Balaban J connectivity index is 1.59. The molecule has 1 aliphatic heterocycles.